The van der Waals surface area contributed by atoms with Crippen molar-refractivity contribution in [2.24, 2.45) is 0 Å². The fourth-order valence-corrected chi connectivity index (χ4v) is 4.59. The third-order valence-electron chi connectivity index (χ3n) is 6.00. The Balaban J connectivity index is 1.35. The Kier molecular flexibility index (Phi) is 8.70. The maximum Gasteiger partial charge on any atom is 0.346 e. The summed E-state index contributed by atoms with van der Waals surface area (Å²) in [4.78, 5) is 39.4. The van der Waals surface area contributed by atoms with Crippen LogP contribution in [0.25, 0.3) is 0 Å². The smallest absolute Gasteiger partial charge is 0.346 e. The second kappa shape index (κ2) is 12.1. The second-order valence-corrected chi connectivity index (χ2v) is 9.58. The van der Waals surface area contributed by atoms with Crippen molar-refractivity contribution in [2.45, 2.75) is 44.8 Å². The number of benzene rings is 1. The van der Waals surface area contributed by atoms with Gasteiger partial charge in [-0.3, -0.25) is 10.1 Å². The number of halogens is 1. The van der Waals surface area contributed by atoms with Crippen molar-refractivity contribution in [3.63, 3.8) is 0 Å². The van der Waals surface area contributed by atoms with Crippen LogP contribution in [0.4, 0.5) is 14.2 Å². The summed E-state index contributed by atoms with van der Waals surface area (Å²) in [5.74, 6) is -1.68. The Morgan fingerprint density at radius 3 is 2.72 bits per heavy atom. The van der Waals surface area contributed by atoms with E-state index in [-0.39, 0.29) is 40.6 Å². The van der Waals surface area contributed by atoms with E-state index in [1.54, 1.807) is 0 Å². The summed E-state index contributed by atoms with van der Waals surface area (Å²) < 4.78 is 28.9. The van der Waals surface area contributed by atoms with Crippen LogP contribution < -0.4 is 20.7 Å². The first-order valence-corrected chi connectivity index (χ1v) is 12.8. The van der Waals surface area contributed by atoms with Crippen molar-refractivity contribution in [1.29, 1.82) is 0 Å². The Hall–Kier alpha value is -3.25. The number of esters is 1. The zero-order valence-electron chi connectivity index (χ0n) is 20.1. The largest absolute Gasteiger partial charge is 0.471 e. The molecule has 1 aromatic heterocycles. The Morgan fingerprint density at radius 1 is 1.22 bits per heavy atom. The summed E-state index contributed by atoms with van der Waals surface area (Å²) in [6, 6.07) is 3.71. The number of hydrogen-bond acceptors (Lipinski definition) is 8. The Bertz CT molecular complexity index is 1100. The number of carbonyl (C=O) groups is 3. The minimum Gasteiger partial charge on any atom is -0.471 e. The number of aromatic nitrogens is 1. The minimum atomic E-state index is -0.749. The number of ether oxygens (including phenoxy) is 2. The van der Waals surface area contributed by atoms with Crippen molar-refractivity contribution in [3.05, 3.63) is 40.7 Å². The fourth-order valence-electron chi connectivity index (χ4n) is 3.87. The van der Waals surface area contributed by atoms with Gasteiger partial charge >= 0.3 is 12.0 Å². The molecule has 2 aliphatic rings. The fraction of sp³-hybridized carbons (Fsp3) is 0.500. The molecule has 2 aromatic rings. The molecule has 1 aromatic carbocycles. The van der Waals surface area contributed by atoms with Gasteiger partial charge in [-0.25, -0.2) is 14.0 Å². The molecule has 0 atom stereocenters. The Labute approximate surface area is 212 Å². The van der Waals surface area contributed by atoms with E-state index in [9.17, 15) is 18.8 Å². The van der Waals surface area contributed by atoms with E-state index < -0.39 is 17.8 Å². The number of hydrogen-bond donors (Lipinski definition) is 3. The molecule has 1 aliphatic carbocycles. The average molecular weight is 520 g/mol. The highest BCUT2D eigenvalue weighted by atomic mass is 32.1. The summed E-state index contributed by atoms with van der Waals surface area (Å²) >= 11 is 0.855. The van der Waals surface area contributed by atoms with Crippen LogP contribution in [-0.2, 0) is 11.3 Å². The van der Waals surface area contributed by atoms with Crippen LogP contribution >= 0.6 is 11.5 Å². The standard InChI is InChI=1S/C24H30FN5O5S/c1-34-23(32)19-21(29-36-22(19)28-24(33)26-9-4-12-30-10-2-3-11-30)35-14-16-13-15(5-8-18(16)25)20(31)27-17-6-7-17/h5,8,13,17H,2-4,6-7,9-12,14H2,1H3,(H,27,31)(H2,26,28,33). The topological polar surface area (TPSA) is 122 Å². The summed E-state index contributed by atoms with van der Waals surface area (Å²) in [7, 11) is 1.20. The molecular weight excluding hydrogens is 489 g/mol. The molecule has 194 valence electrons. The van der Waals surface area contributed by atoms with E-state index in [4.69, 9.17) is 9.47 Å². The maximum atomic E-state index is 14.4. The van der Waals surface area contributed by atoms with Crippen molar-refractivity contribution >= 4 is 34.4 Å². The lowest BCUT2D eigenvalue weighted by Gasteiger charge is -2.14. The Morgan fingerprint density at radius 2 is 2.00 bits per heavy atom. The summed E-state index contributed by atoms with van der Waals surface area (Å²) in [6.07, 6.45) is 5.13. The molecule has 3 N–H and O–H groups in total. The van der Waals surface area contributed by atoms with E-state index in [1.807, 2.05) is 0 Å². The van der Waals surface area contributed by atoms with Gasteiger partial charge in [-0.1, -0.05) is 0 Å². The van der Waals surface area contributed by atoms with Gasteiger partial charge in [0.15, 0.2) is 5.56 Å². The van der Waals surface area contributed by atoms with Gasteiger partial charge in [0.1, 0.15) is 17.4 Å². The lowest BCUT2D eigenvalue weighted by atomic mass is 10.1. The zero-order valence-corrected chi connectivity index (χ0v) is 20.9. The van der Waals surface area contributed by atoms with Gasteiger partial charge < -0.3 is 25.0 Å². The van der Waals surface area contributed by atoms with Gasteiger partial charge in [0, 0.05) is 23.7 Å². The van der Waals surface area contributed by atoms with Crippen LogP contribution in [0.1, 0.15) is 58.4 Å². The minimum absolute atomic E-state index is 0.0576. The number of urea groups is 1. The van der Waals surface area contributed by atoms with Crippen molar-refractivity contribution in [1.82, 2.24) is 19.9 Å². The van der Waals surface area contributed by atoms with Crippen molar-refractivity contribution in [2.75, 3.05) is 38.6 Å². The van der Waals surface area contributed by atoms with E-state index in [0.29, 0.717) is 12.1 Å². The molecule has 1 saturated carbocycles. The van der Waals surface area contributed by atoms with Gasteiger partial charge in [-0.15, -0.1) is 0 Å². The molecule has 2 fully saturated rings. The van der Waals surface area contributed by atoms with Crippen LogP contribution in [0, 0.1) is 5.82 Å². The molecule has 2 heterocycles. The summed E-state index contributed by atoms with van der Waals surface area (Å²) in [6.45, 7) is 3.33. The number of anilines is 1. The van der Waals surface area contributed by atoms with Crippen molar-refractivity contribution < 1.29 is 28.2 Å². The molecule has 3 amide bonds. The van der Waals surface area contributed by atoms with E-state index >= 15 is 0 Å². The number of likely N-dealkylation sites (tertiary alicyclic amines) is 1. The molecule has 10 nitrogen and oxygen atoms in total. The first-order valence-electron chi connectivity index (χ1n) is 12.0. The molecule has 0 bridgehead atoms. The van der Waals surface area contributed by atoms with Crippen LogP contribution in [-0.4, -0.2) is 66.5 Å². The SMILES string of the molecule is COC(=O)c1c(OCc2cc(C(=O)NC3CC3)ccc2F)nsc1NC(=O)NCCCN1CCCC1. The molecule has 12 heteroatoms. The highest BCUT2D eigenvalue weighted by Gasteiger charge is 2.26. The van der Waals surface area contributed by atoms with Crippen LogP contribution in [0.5, 0.6) is 5.88 Å². The second-order valence-electron chi connectivity index (χ2n) is 8.81. The third kappa shape index (κ3) is 6.91. The normalized spacial score (nSPS) is 15.4. The monoisotopic (exact) mass is 519 g/mol. The van der Waals surface area contributed by atoms with Gasteiger partial charge in [0.25, 0.3) is 5.91 Å². The summed E-state index contributed by atoms with van der Waals surface area (Å²) in [5.41, 5.74) is 0.391. The van der Waals surface area contributed by atoms with Crippen LogP contribution in [0.15, 0.2) is 18.2 Å². The number of carbonyl (C=O) groups excluding carboxylic acids is 3. The summed E-state index contributed by atoms with van der Waals surface area (Å²) in [5, 5.41) is 8.40. The molecule has 1 aliphatic heterocycles. The van der Waals surface area contributed by atoms with Gasteiger partial charge in [0.2, 0.25) is 5.88 Å². The lowest BCUT2D eigenvalue weighted by Crippen LogP contribution is -2.32. The molecular formula is C24H30FN5O5S. The van der Waals surface area contributed by atoms with Crippen LogP contribution in [0.3, 0.4) is 0 Å². The predicted molar refractivity (Wildman–Crippen MR) is 132 cm³/mol. The quantitative estimate of drug-likeness (QED) is 0.308. The van der Waals surface area contributed by atoms with Gasteiger partial charge in [-0.05, 0) is 81.5 Å². The molecule has 1 saturated heterocycles. The first-order chi connectivity index (χ1) is 17.4. The zero-order chi connectivity index (χ0) is 25.5. The molecule has 0 radical (unpaired) electrons. The number of nitrogens with zero attached hydrogens (tertiary/aromatic N) is 2. The number of amides is 3. The highest BCUT2D eigenvalue weighted by Crippen LogP contribution is 2.32. The molecule has 4 rings (SSSR count). The predicted octanol–water partition coefficient (Wildman–Crippen LogP) is 3.15. The first kappa shape index (κ1) is 25.8. The van der Waals surface area contributed by atoms with Gasteiger partial charge in [0.05, 0.1) is 7.11 Å². The number of rotatable bonds is 11. The third-order valence-corrected chi connectivity index (χ3v) is 6.74. The number of methoxy groups -OCH3 is 1. The van der Waals surface area contributed by atoms with Crippen LogP contribution in [0.2, 0.25) is 0 Å². The van der Waals surface area contributed by atoms with Gasteiger partial charge in [-0.2, -0.15) is 4.37 Å². The lowest BCUT2D eigenvalue weighted by molar-refractivity contribution is 0.0596. The van der Waals surface area contributed by atoms with E-state index in [2.05, 4.69) is 25.2 Å². The molecule has 0 unspecified atom stereocenters. The highest BCUT2D eigenvalue weighted by molar-refractivity contribution is 7.11. The number of nitrogens with one attached hydrogen (secondary N) is 3. The van der Waals surface area contributed by atoms with Crippen molar-refractivity contribution in [3.8, 4) is 5.88 Å². The molecule has 0 spiro atoms. The van der Waals surface area contributed by atoms with E-state index in [0.717, 1.165) is 50.4 Å². The maximum absolute atomic E-state index is 14.4. The molecule has 36 heavy (non-hydrogen) atoms. The van der Waals surface area contributed by atoms with E-state index in [1.165, 1.54) is 38.2 Å². The average Bonchev–Trinajstić information content (AvgIpc) is 3.36.